The minimum absolute atomic E-state index is 0.0800. The first-order chi connectivity index (χ1) is 10.5. The summed E-state index contributed by atoms with van der Waals surface area (Å²) in [5.74, 6) is 1.11. The van der Waals surface area contributed by atoms with Crippen LogP contribution in [0.2, 0.25) is 0 Å². The van der Waals surface area contributed by atoms with E-state index in [1.54, 1.807) is 18.9 Å². The van der Waals surface area contributed by atoms with Crippen LogP contribution in [0.4, 0.5) is 0 Å². The first kappa shape index (κ1) is 17.2. The van der Waals surface area contributed by atoms with Gasteiger partial charge in [0.1, 0.15) is 5.75 Å². The normalized spacial score (nSPS) is 19.8. The van der Waals surface area contributed by atoms with Crippen molar-refractivity contribution in [1.29, 1.82) is 0 Å². The van der Waals surface area contributed by atoms with Crippen LogP contribution in [0.25, 0.3) is 0 Å². The Labute approximate surface area is 137 Å². The van der Waals surface area contributed by atoms with Crippen LogP contribution >= 0.6 is 11.8 Å². The van der Waals surface area contributed by atoms with Gasteiger partial charge in [0.05, 0.1) is 13.2 Å². The molecule has 122 valence electrons. The molecule has 0 saturated carbocycles. The molecule has 1 aliphatic heterocycles. The molecule has 0 unspecified atom stereocenters. The monoisotopic (exact) mass is 322 g/mol. The number of benzene rings is 1. The van der Waals surface area contributed by atoms with Gasteiger partial charge in [0, 0.05) is 23.5 Å². The summed E-state index contributed by atoms with van der Waals surface area (Å²) in [6.07, 6.45) is 2.91. The summed E-state index contributed by atoms with van der Waals surface area (Å²) >= 11 is 1.67. The van der Waals surface area contributed by atoms with E-state index in [-0.39, 0.29) is 24.0 Å². The van der Waals surface area contributed by atoms with Crippen LogP contribution in [0.1, 0.15) is 38.8 Å². The van der Waals surface area contributed by atoms with Gasteiger partial charge in [0.2, 0.25) is 5.91 Å². The topological polar surface area (TPSA) is 41.6 Å². The average Bonchev–Trinajstić information content (AvgIpc) is 2.87. The van der Waals surface area contributed by atoms with E-state index in [4.69, 9.17) is 4.74 Å². The van der Waals surface area contributed by atoms with Crippen LogP contribution in [0.15, 0.2) is 23.1 Å². The lowest BCUT2D eigenvalue weighted by atomic mass is 10.1. The maximum Gasteiger partial charge on any atom is 0.240 e. The molecule has 0 spiro atoms. The highest BCUT2D eigenvalue weighted by atomic mass is 32.2. The van der Waals surface area contributed by atoms with Crippen molar-refractivity contribution in [2.24, 2.45) is 0 Å². The first-order valence-corrected chi connectivity index (χ1v) is 8.98. The second-order valence-corrected chi connectivity index (χ2v) is 6.82. The van der Waals surface area contributed by atoms with E-state index in [1.807, 2.05) is 11.2 Å². The first-order valence-electron chi connectivity index (χ1n) is 7.76. The summed E-state index contributed by atoms with van der Waals surface area (Å²) < 4.78 is 5.44. The smallest absolute Gasteiger partial charge is 0.240 e. The Hall–Kier alpha value is -1.20. The number of carbonyl (C=O) groups is 1. The fourth-order valence-electron chi connectivity index (χ4n) is 2.89. The van der Waals surface area contributed by atoms with Gasteiger partial charge in [0.15, 0.2) is 0 Å². The third kappa shape index (κ3) is 3.58. The Morgan fingerprint density at radius 2 is 2.09 bits per heavy atom. The Balaban J connectivity index is 2.07. The minimum atomic E-state index is -0.0800. The van der Waals surface area contributed by atoms with Crippen LogP contribution in [0.5, 0.6) is 5.75 Å². The van der Waals surface area contributed by atoms with Crippen molar-refractivity contribution in [3.05, 3.63) is 23.8 Å². The van der Waals surface area contributed by atoms with Crippen molar-refractivity contribution < 1.29 is 9.53 Å². The summed E-state index contributed by atoms with van der Waals surface area (Å²) in [6, 6.07) is 6.55. The predicted molar refractivity (Wildman–Crippen MR) is 91.6 cm³/mol. The lowest BCUT2D eigenvalue weighted by Crippen LogP contribution is -2.41. The van der Waals surface area contributed by atoms with Crippen molar-refractivity contribution in [3.63, 3.8) is 0 Å². The molecule has 1 aromatic rings. The molecule has 0 radical (unpaired) electrons. The Morgan fingerprint density at radius 1 is 1.36 bits per heavy atom. The molecule has 1 heterocycles. The van der Waals surface area contributed by atoms with Crippen molar-refractivity contribution in [2.75, 3.05) is 19.9 Å². The molecule has 1 amide bonds. The zero-order valence-electron chi connectivity index (χ0n) is 14.1. The molecule has 1 aromatic carbocycles. The van der Waals surface area contributed by atoms with E-state index in [9.17, 15) is 4.79 Å². The van der Waals surface area contributed by atoms with Gasteiger partial charge in [-0.1, -0.05) is 6.07 Å². The van der Waals surface area contributed by atoms with Gasteiger partial charge in [0.25, 0.3) is 0 Å². The van der Waals surface area contributed by atoms with Crippen LogP contribution in [0, 0.1) is 0 Å². The third-order valence-corrected chi connectivity index (χ3v) is 5.00. The number of hydrogen-bond donors (Lipinski definition) is 1. The molecule has 5 heteroatoms. The van der Waals surface area contributed by atoms with Gasteiger partial charge in [-0.2, -0.15) is 0 Å². The molecule has 1 saturated heterocycles. The molecule has 2 rings (SSSR count). The van der Waals surface area contributed by atoms with Gasteiger partial charge in [-0.3, -0.25) is 10.1 Å². The number of likely N-dealkylation sites (tertiary alicyclic amines) is 1. The largest absolute Gasteiger partial charge is 0.496 e. The fraction of sp³-hybridized carbons (Fsp3) is 0.588. The number of thioether (sulfide) groups is 1. The zero-order chi connectivity index (χ0) is 16.3. The van der Waals surface area contributed by atoms with Crippen molar-refractivity contribution >= 4 is 17.7 Å². The van der Waals surface area contributed by atoms with Crippen molar-refractivity contribution in [1.82, 2.24) is 10.2 Å². The molecule has 0 aliphatic carbocycles. The SMILES string of the molecule is COc1cc([C@@H](C)N[C@H]2CCN(C(C)C)C2=O)ccc1SC. The Bertz CT molecular complexity index is 533. The number of rotatable bonds is 6. The maximum atomic E-state index is 12.4. The van der Waals surface area contributed by atoms with Crippen molar-refractivity contribution in [2.45, 2.75) is 50.2 Å². The van der Waals surface area contributed by atoms with Gasteiger partial charge in [-0.15, -0.1) is 11.8 Å². The van der Waals surface area contributed by atoms with Crippen LogP contribution in [-0.2, 0) is 4.79 Å². The highest BCUT2D eigenvalue weighted by Crippen LogP contribution is 2.30. The molecule has 22 heavy (non-hydrogen) atoms. The van der Waals surface area contributed by atoms with Gasteiger partial charge in [-0.05, 0) is 51.1 Å². The highest BCUT2D eigenvalue weighted by molar-refractivity contribution is 7.98. The number of nitrogens with one attached hydrogen (secondary N) is 1. The molecular weight excluding hydrogens is 296 g/mol. The lowest BCUT2D eigenvalue weighted by molar-refractivity contribution is -0.130. The van der Waals surface area contributed by atoms with E-state index in [1.165, 1.54) is 0 Å². The maximum absolute atomic E-state index is 12.4. The average molecular weight is 322 g/mol. The summed E-state index contributed by atoms with van der Waals surface area (Å²) in [5.41, 5.74) is 1.14. The van der Waals surface area contributed by atoms with E-state index < -0.39 is 0 Å². The molecule has 1 fully saturated rings. The van der Waals surface area contributed by atoms with Crippen LogP contribution < -0.4 is 10.1 Å². The molecule has 2 atom stereocenters. The quantitative estimate of drug-likeness (QED) is 0.817. The third-order valence-electron chi connectivity index (χ3n) is 4.22. The predicted octanol–water partition coefficient (Wildman–Crippen LogP) is 3.08. The van der Waals surface area contributed by atoms with E-state index in [0.717, 1.165) is 29.2 Å². The second kappa shape index (κ2) is 7.38. The summed E-state index contributed by atoms with van der Waals surface area (Å²) in [6.45, 7) is 7.07. The Kier molecular flexibility index (Phi) is 5.75. The van der Waals surface area contributed by atoms with Crippen LogP contribution in [0.3, 0.4) is 0 Å². The van der Waals surface area contributed by atoms with E-state index >= 15 is 0 Å². The molecule has 4 nitrogen and oxygen atoms in total. The van der Waals surface area contributed by atoms with Gasteiger partial charge < -0.3 is 9.64 Å². The number of amides is 1. The summed E-state index contributed by atoms with van der Waals surface area (Å²) in [5, 5.41) is 3.46. The summed E-state index contributed by atoms with van der Waals surface area (Å²) in [4.78, 5) is 15.4. The standard InChI is InChI=1S/C17H26N2O2S/c1-11(2)19-9-8-14(17(19)20)18-12(3)13-6-7-16(22-5)15(10-13)21-4/h6-7,10-12,14,18H,8-9H2,1-5H3/t12-,14+/m1/s1. The van der Waals surface area contributed by atoms with Gasteiger partial charge in [-0.25, -0.2) is 0 Å². The van der Waals surface area contributed by atoms with Crippen molar-refractivity contribution in [3.8, 4) is 5.75 Å². The highest BCUT2D eigenvalue weighted by Gasteiger charge is 2.33. The lowest BCUT2D eigenvalue weighted by Gasteiger charge is -2.23. The van der Waals surface area contributed by atoms with Crippen LogP contribution in [-0.4, -0.2) is 42.8 Å². The zero-order valence-corrected chi connectivity index (χ0v) is 14.9. The molecule has 0 aromatic heterocycles. The molecule has 0 bridgehead atoms. The minimum Gasteiger partial charge on any atom is -0.496 e. The number of nitrogens with zero attached hydrogens (tertiary/aromatic N) is 1. The summed E-state index contributed by atoms with van der Waals surface area (Å²) in [7, 11) is 1.69. The van der Waals surface area contributed by atoms with E-state index in [0.29, 0.717) is 0 Å². The number of carbonyl (C=O) groups excluding carboxylic acids is 1. The van der Waals surface area contributed by atoms with E-state index in [2.05, 4.69) is 44.3 Å². The molecule has 1 N–H and O–H groups in total. The number of methoxy groups -OCH3 is 1. The number of hydrogen-bond acceptors (Lipinski definition) is 4. The molecule has 1 aliphatic rings. The number of ether oxygens (including phenoxy) is 1. The Morgan fingerprint density at radius 3 is 2.64 bits per heavy atom. The second-order valence-electron chi connectivity index (χ2n) is 5.97. The fourth-order valence-corrected chi connectivity index (χ4v) is 3.44. The molecular formula is C17H26N2O2S. The van der Waals surface area contributed by atoms with Gasteiger partial charge >= 0.3 is 0 Å².